The number of rotatable bonds is 3. The Kier molecular flexibility index (Phi) is 1.98. The monoisotopic (exact) mass is 253 g/mol. The van der Waals surface area contributed by atoms with Gasteiger partial charge in [0.25, 0.3) is 0 Å². The van der Waals surface area contributed by atoms with Gasteiger partial charge in [0.1, 0.15) is 5.65 Å². The zero-order valence-corrected chi connectivity index (χ0v) is 11.0. The average Bonchev–Trinajstić information content (AvgIpc) is 2.85. The molecule has 4 unspecified atom stereocenters. The molecule has 4 atom stereocenters. The lowest BCUT2D eigenvalue weighted by Gasteiger charge is -2.10. The third-order valence-corrected chi connectivity index (χ3v) is 5.80. The van der Waals surface area contributed by atoms with Crippen LogP contribution in [-0.2, 0) is 6.54 Å². The maximum atomic E-state index is 4.35. The number of aromatic nitrogens is 2. The van der Waals surface area contributed by atoms with Crippen molar-refractivity contribution in [2.75, 3.05) is 0 Å². The van der Waals surface area contributed by atoms with Crippen molar-refractivity contribution in [2.24, 2.45) is 23.7 Å². The minimum absolute atomic E-state index is 0.813. The van der Waals surface area contributed by atoms with Crippen molar-refractivity contribution >= 4 is 11.0 Å². The molecule has 98 valence electrons. The van der Waals surface area contributed by atoms with Crippen molar-refractivity contribution in [1.82, 2.24) is 15.3 Å². The standard InChI is InChI=1S/C16H19N3/c1-2-12-11(8-19-16(12)17-5-1)7-18-15-13-9-3-4-10(6-9)14(13)15/h1-2,5,8-10,13-15,18H,3-4,6-7H2,(H,17,19). The van der Waals surface area contributed by atoms with Crippen molar-refractivity contribution in [3.8, 4) is 0 Å². The van der Waals surface area contributed by atoms with Crippen molar-refractivity contribution in [2.45, 2.75) is 31.8 Å². The molecular formula is C16H19N3. The van der Waals surface area contributed by atoms with Gasteiger partial charge in [0.2, 0.25) is 0 Å². The van der Waals surface area contributed by atoms with Crippen LogP contribution < -0.4 is 5.32 Å². The third kappa shape index (κ3) is 1.39. The zero-order chi connectivity index (χ0) is 12.4. The van der Waals surface area contributed by atoms with Gasteiger partial charge in [-0.1, -0.05) is 0 Å². The highest BCUT2D eigenvalue weighted by molar-refractivity contribution is 5.79. The smallest absolute Gasteiger partial charge is 0.137 e. The summed E-state index contributed by atoms with van der Waals surface area (Å²) in [5.74, 6) is 4.14. The highest BCUT2D eigenvalue weighted by atomic mass is 15.0. The summed E-state index contributed by atoms with van der Waals surface area (Å²) in [5.41, 5.74) is 2.37. The van der Waals surface area contributed by atoms with E-state index >= 15 is 0 Å². The molecular weight excluding hydrogens is 234 g/mol. The van der Waals surface area contributed by atoms with Crippen LogP contribution in [0.2, 0.25) is 0 Å². The highest BCUT2D eigenvalue weighted by Crippen LogP contribution is 2.65. The lowest BCUT2D eigenvalue weighted by Crippen LogP contribution is -2.22. The van der Waals surface area contributed by atoms with E-state index in [9.17, 15) is 0 Å². The first kappa shape index (κ1) is 10.4. The van der Waals surface area contributed by atoms with Crippen LogP contribution in [0, 0.1) is 23.7 Å². The van der Waals surface area contributed by atoms with Crippen LogP contribution in [0.3, 0.4) is 0 Å². The molecule has 0 radical (unpaired) electrons. The number of aromatic amines is 1. The quantitative estimate of drug-likeness (QED) is 0.883. The van der Waals surface area contributed by atoms with Gasteiger partial charge in [-0.3, -0.25) is 0 Å². The lowest BCUT2D eigenvalue weighted by molar-refractivity contribution is 0.456. The van der Waals surface area contributed by atoms with Crippen LogP contribution in [0.25, 0.3) is 11.0 Å². The van der Waals surface area contributed by atoms with E-state index in [1.807, 2.05) is 12.3 Å². The van der Waals surface area contributed by atoms with Crippen molar-refractivity contribution in [3.63, 3.8) is 0 Å². The Morgan fingerprint density at radius 2 is 2.11 bits per heavy atom. The Labute approximate surface area is 112 Å². The minimum atomic E-state index is 0.813. The van der Waals surface area contributed by atoms with Crippen LogP contribution in [-0.4, -0.2) is 16.0 Å². The van der Waals surface area contributed by atoms with Crippen LogP contribution in [0.1, 0.15) is 24.8 Å². The summed E-state index contributed by atoms with van der Waals surface area (Å²) in [6.07, 6.45) is 8.49. The molecule has 19 heavy (non-hydrogen) atoms. The molecule has 3 fully saturated rings. The maximum absolute atomic E-state index is 4.35. The number of H-pyrrole nitrogens is 1. The zero-order valence-electron chi connectivity index (χ0n) is 11.0. The fourth-order valence-corrected chi connectivity index (χ4v) is 4.98. The van der Waals surface area contributed by atoms with E-state index in [-0.39, 0.29) is 0 Å². The van der Waals surface area contributed by atoms with Gasteiger partial charge >= 0.3 is 0 Å². The Hall–Kier alpha value is -1.35. The van der Waals surface area contributed by atoms with E-state index in [0.29, 0.717) is 0 Å². The van der Waals surface area contributed by atoms with E-state index in [1.54, 1.807) is 0 Å². The van der Waals surface area contributed by atoms with Crippen molar-refractivity contribution < 1.29 is 0 Å². The molecule has 2 heterocycles. The molecule has 0 spiro atoms. The van der Waals surface area contributed by atoms with Gasteiger partial charge in [-0.25, -0.2) is 4.98 Å². The molecule has 2 N–H and O–H groups in total. The van der Waals surface area contributed by atoms with Gasteiger partial charge in [0, 0.05) is 30.4 Å². The number of nitrogens with zero attached hydrogens (tertiary/aromatic N) is 1. The van der Waals surface area contributed by atoms with Crippen molar-refractivity contribution in [1.29, 1.82) is 0 Å². The second kappa shape index (κ2) is 3.60. The van der Waals surface area contributed by atoms with Crippen LogP contribution in [0.5, 0.6) is 0 Å². The van der Waals surface area contributed by atoms with E-state index in [2.05, 4.69) is 27.5 Å². The molecule has 3 nitrogen and oxygen atoms in total. The summed E-state index contributed by atoms with van der Waals surface area (Å²) in [6.45, 7) is 0.989. The van der Waals surface area contributed by atoms with Crippen LogP contribution >= 0.6 is 0 Å². The van der Waals surface area contributed by atoms with Gasteiger partial charge in [0.05, 0.1) is 0 Å². The van der Waals surface area contributed by atoms with E-state index in [4.69, 9.17) is 0 Å². The van der Waals surface area contributed by atoms with Crippen LogP contribution in [0.15, 0.2) is 24.5 Å². The Bertz CT molecular complexity index is 616. The van der Waals surface area contributed by atoms with Gasteiger partial charge in [0.15, 0.2) is 0 Å². The molecule has 3 aliphatic carbocycles. The van der Waals surface area contributed by atoms with E-state index < -0.39 is 0 Å². The van der Waals surface area contributed by atoms with E-state index in [0.717, 1.165) is 41.9 Å². The molecule has 2 aromatic rings. The second-order valence-electron chi connectivity index (χ2n) is 6.61. The maximum Gasteiger partial charge on any atom is 0.137 e. The first-order valence-corrected chi connectivity index (χ1v) is 7.56. The SMILES string of the molecule is c1cnc2[nH]cc(CNC3C4C5CCC(C5)C34)c2c1. The molecule has 3 heteroatoms. The first-order chi connectivity index (χ1) is 9.42. The number of nitrogens with one attached hydrogen (secondary N) is 2. The predicted octanol–water partition coefficient (Wildman–Crippen LogP) is 2.70. The van der Waals surface area contributed by atoms with Gasteiger partial charge in [-0.05, 0) is 60.6 Å². The number of pyridine rings is 1. The third-order valence-electron chi connectivity index (χ3n) is 5.80. The summed E-state index contributed by atoms with van der Waals surface area (Å²) >= 11 is 0. The topological polar surface area (TPSA) is 40.7 Å². The fourth-order valence-electron chi connectivity index (χ4n) is 4.98. The first-order valence-electron chi connectivity index (χ1n) is 7.56. The minimum Gasteiger partial charge on any atom is -0.346 e. The molecule has 0 amide bonds. The Morgan fingerprint density at radius 3 is 2.95 bits per heavy atom. The summed E-state index contributed by atoms with van der Waals surface area (Å²) in [6, 6.07) is 4.99. The molecule has 0 aliphatic heterocycles. The largest absolute Gasteiger partial charge is 0.346 e. The summed E-state index contributed by atoms with van der Waals surface area (Å²) in [7, 11) is 0. The second-order valence-corrected chi connectivity index (χ2v) is 6.61. The van der Waals surface area contributed by atoms with Gasteiger partial charge < -0.3 is 10.3 Å². The average molecular weight is 253 g/mol. The molecule has 5 rings (SSSR count). The summed E-state index contributed by atoms with van der Waals surface area (Å²) < 4.78 is 0. The Morgan fingerprint density at radius 1 is 1.26 bits per heavy atom. The molecule has 0 aromatic carbocycles. The molecule has 2 bridgehead atoms. The number of hydrogen-bond acceptors (Lipinski definition) is 2. The summed E-state index contributed by atoms with van der Waals surface area (Å²) in [5, 5.41) is 5.07. The normalized spacial score (nSPS) is 38.8. The number of fused-ring (bicyclic) bond motifs is 6. The molecule has 0 saturated heterocycles. The lowest BCUT2D eigenvalue weighted by atomic mass is 10.0. The van der Waals surface area contributed by atoms with E-state index in [1.165, 1.54) is 30.2 Å². The van der Waals surface area contributed by atoms with Crippen molar-refractivity contribution in [3.05, 3.63) is 30.1 Å². The Balaban J connectivity index is 1.32. The van der Waals surface area contributed by atoms with Crippen LogP contribution in [0.4, 0.5) is 0 Å². The fraction of sp³-hybridized carbons (Fsp3) is 0.562. The molecule has 3 saturated carbocycles. The van der Waals surface area contributed by atoms with Gasteiger partial charge in [-0.15, -0.1) is 0 Å². The van der Waals surface area contributed by atoms with Gasteiger partial charge in [-0.2, -0.15) is 0 Å². The summed E-state index contributed by atoms with van der Waals surface area (Å²) in [4.78, 5) is 7.61. The predicted molar refractivity (Wildman–Crippen MR) is 74.5 cm³/mol. The molecule has 2 aromatic heterocycles. The number of hydrogen-bond donors (Lipinski definition) is 2. The highest BCUT2D eigenvalue weighted by Gasteiger charge is 2.64. The molecule has 3 aliphatic rings.